The molecule has 0 aromatic carbocycles. The lowest BCUT2D eigenvalue weighted by Crippen LogP contribution is -2.23. The number of aromatic nitrogens is 1. The molecule has 9 heteroatoms. The van der Waals surface area contributed by atoms with Gasteiger partial charge in [0.25, 0.3) is 5.91 Å². The third-order valence-corrected chi connectivity index (χ3v) is 4.26. The van der Waals surface area contributed by atoms with Crippen LogP contribution in [0.2, 0.25) is 5.15 Å². The van der Waals surface area contributed by atoms with Crippen molar-refractivity contribution in [1.29, 1.82) is 0 Å². The number of nitrogens with one attached hydrogen (secondary N) is 1. The largest absolute Gasteiger partial charge is 0.347 e. The van der Waals surface area contributed by atoms with Crippen molar-refractivity contribution in [2.24, 2.45) is 0 Å². The van der Waals surface area contributed by atoms with E-state index in [9.17, 15) is 14.9 Å². The predicted octanol–water partition coefficient (Wildman–Crippen LogP) is 3.40. The van der Waals surface area contributed by atoms with Crippen LogP contribution in [0.1, 0.15) is 15.2 Å². The average molecular weight is 377 g/mol. The van der Waals surface area contributed by atoms with Gasteiger partial charge in [0, 0.05) is 11.1 Å². The van der Waals surface area contributed by atoms with Gasteiger partial charge in [-0.15, -0.1) is 11.3 Å². The molecule has 0 aliphatic rings. The van der Waals surface area contributed by atoms with Gasteiger partial charge < -0.3 is 5.32 Å². The van der Waals surface area contributed by atoms with Crippen LogP contribution in [-0.4, -0.2) is 15.8 Å². The number of rotatable bonds is 4. The minimum absolute atomic E-state index is 0.106. The Balaban J connectivity index is 2.17. The Bertz CT molecular complexity index is 677. The Labute approximate surface area is 131 Å². The fourth-order valence-corrected chi connectivity index (χ4v) is 3.14. The molecule has 2 aromatic rings. The molecule has 0 spiro atoms. The summed E-state index contributed by atoms with van der Waals surface area (Å²) < 4.78 is 0.944. The maximum Gasteiger partial charge on any atom is 0.319 e. The standard InChI is InChI=1S/C11H7BrClN3O3S/c12-8-2-1-6(20-8)5-15-11(17)7-3-4-14-10(13)9(7)16(18)19/h1-4H,5H2,(H,15,17). The van der Waals surface area contributed by atoms with Crippen LogP contribution in [0.4, 0.5) is 5.69 Å². The molecule has 2 heterocycles. The minimum atomic E-state index is -0.716. The summed E-state index contributed by atoms with van der Waals surface area (Å²) in [5.74, 6) is -0.564. The smallest absolute Gasteiger partial charge is 0.319 e. The summed E-state index contributed by atoms with van der Waals surface area (Å²) in [6.07, 6.45) is 1.26. The van der Waals surface area contributed by atoms with Gasteiger partial charge in [0.2, 0.25) is 5.15 Å². The zero-order valence-electron chi connectivity index (χ0n) is 9.80. The zero-order chi connectivity index (χ0) is 14.7. The molecule has 1 amide bonds. The third kappa shape index (κ3) is 3.33. The first-order valence-corrected chi connectivity index (χ1v) is 7.29. The molecule has 0 aliphatic heterocycles. The maximum absolute atomic E-state index is 12.0. The number of carbonyl (C=O) groups excluding carboxylic acids is 1. The lowest BCUT2D eigenvalue weighted by molar-refractivity contribution is -0.385. The maximum atomic E-state index is 12.0. The lowest BCUT2D eigenvalue weighted by atomic mass is 10.2. The second-order valence-corrected chi connectivity index (χ2v) is 6.55. The van der Waals surface area contributed by atoms with Gasteiger partial charge in [-0.25, -0.2) is 4.98 Å². The number of amides is 1. The van der Waals surface area contributed by atoms with E-state index in [0.717, 1.165) is 8.66 Å². The van der Waals surface area contributed by atoms with Crippen LogP contribution < -0.4 is 5.32 Å². The van der Waals surface area contributed by atoms with Gasteiger partial charge in [-0.2, -0.15) is 0 Å². The van der Waals surface area contributed by atoms with E-state index in [1.54, 1.807) is 0 Å². The molecule has 0 aliphatic carbocycles. The summed E-state index contributed by atoms with van der Waals surface area (Å²) in [5, 5.41) is 13.2. The van der Waals surface area contributed by atoms with Crippen molar-refractivity contribution < 1.29 is 9.72 Å². The number of thiophene rings is 1. The number of halogens is 2. The highest BCUT2D eigenvalue weighted by molar-refractivity contribution is 9.11. The number of hydrogen-bond acceptors (Lipinski definition) is 5. The van der Waals surface area contributed by atoms with Crippen molar-refractivity contribution >= 4 is 50.5 Å². The van der Waals surface area contributed by atoms with Crippen LogP contribution in [0, 0.1) is 10.1 Å². The SMILES string of the molecule is O=C(NCc1ccc(Br)s1)c1ccnc(Cl)c1[N+](=O)[O-]. The summed E-state index contributed by atoms with van der Waals surface area (Å²) >= 11 is 10.4. The fourth-order valence-electron chi connectivity index (χ4n) is 1.49. The molecule has 0 saturated heterocycles. The lowest BCUT2D eigenvalue weighted by Gasteiger charge is -2.05. The Morgan fingerprint density at radius 2 is 2.25 bits per heavy atom. The van der Waals surface area contributed by atoms with Gasteiger partial charge in [0.1, 0.15) is 5.56 Å². The van der Waals surface area contributed by atoms with Gasteiger partial charge in [-0.05, 0) is 34.1 Å². The van der Waals surface area contributed by atoms with Crippen molar-refractivity contribution in [2.75, 3.05) is 0 Å². The highest BCUT2D eigenvalue weighted by Crippen LogP contribution is 2.26. The molecule has 20 heavy (non-hydrogen) atoms. The van der Waals surface area contributed by atoms with Gasteiger partial charge >= 0.3 is 5.69 Å². The molecule has 0 bridgehead atoms. The van der Waals surface area contributed by atoms with E-state index in [-0.39, 0.29) is 17.3 Å². The van der Waals surface area contributed by atoms with Crippen molar-refractivity contribution in [3.63, 3.8) is 0 Å². The molecule has 0 fully saturated rings. The third-order valence-electron chi connectivity index (χ3n) is 2.36. The Morgan fingerprint density at radius 1 is 1.50 bits per heavy atom. The number of nitro groups is 1. The summed E-state index contributed by atoms with van der Waals surface area (Å²) in [6, 6.07) is 4.98. The second-order valence-electron chi connectivity index (χ2n) is 3.64. The van der Waals surface area contributed by atoms with Gasteiger partial charge in [0.05, 0.1) is 15.3 Å². The number of hydrogen-bond donors (Lipinski definition) is 1. The first-order valence-electron chi connectivity index (χ1n) is 5.30. The number of pyridine rings is 1. The molecule has 2 rings (SSSR count). The quantitative estimate of drug-likeness (QED) is 0.503. The molecule has 1 N–H and O–H groups in total. The first kappa shape index (κ1) is 14.9. The van der Waals surface area contributed by atoms with E-state index < -0.39 is 16.5 Å². The Kier molecular flexibility index (Phi) is 4.69. The summed E-state index contributed by atoms with van der Waals surface area (Å²) in [6.45, 7) is 0.284. The molecule has 2 aromatic heterocycles. The minimum Gasteiger partial charge on any atom is -0.347 e. The van der Waals surface area contributed by atoms with Crippen LogP contribution in [0.3, 0.4) is 0 Å². The Morgan fingerprint density at radius 3 is 2.85 bits per heavy atom. The molecule has 0 radical (unpaired) electrons. The van der Waals surface area contributed by atoms with E-state index in [4.69, 9.17) is 11.6 Å². The van der Waals surface area contributed by atoms with E-state index in [1.165, 1.54) is 23.6 Å². The zero-order valence-corrected chi connectivity index (χ0v) is 13.0. The van der Waals surface area contributed by atoms with E-state index in [1.807, 2.05) is 12.1 Å². The van der Waals surface area contributed by atoms with Crippen molar-refractivity contribution in [3.8, 4) is 0 Å². The fraction of sp³-hybridized carbons (Fsp3) is 0.0909. The molecular formula is C11H7BrClN3O3S. The van der Waals surface area contributed by atoms with Crippen molar-refractivity contribution in [3.05, 3.63) is 53.9 Å². The van der Waals surface area contributed by atoms with Crippen LogP contribution in [0.15, 0.2) is 28.2 Å². The monoisotopic (exact) mass is 375 g/mol. The van der Waals surface area contributed by atoms with Crippen LogP contribution >= 0.6 is 38.9 Å². The van der Waals surface area contributed by atoms with Gasteiger partial charge in [-0.3, -0.25) is 14.9 Å². The van der Waals surface area contributed by atoms with Crippen LogP contribution in [0.5, 0.6) is 0 Å². The summed E-state index contributed by atoms with van der Waals surface area (Å²) in [7, 11) is 0. The molecule has 0 unspecified atom stereocenters. The molecule has 104 valence electrons. The van der Waals surface area contributed by atoms with Crippen molar-refractivity contribution in [2.45, 2.75) is 6.54 Å². The average Bonchev–Trinajstić information content (AvgIpc) is 2.81. The predicted molar refractivity (Wildman–Crippen MR) is 79.1 cm³/mol. The highest BCUT2D eigenvalue weighted by Gasteiger charge is 2.24. The first-order chi connectivity index (χ1) is 9.49. The van der Waals surface area contributed by atoms with Crippen molar-refractivity contribution in [1.82, 2.24) is 10.3 Å². The highest BCUT2D eigenvalue weighted by atomic mass is 79.9. The summed E-state index contributed by atoms with van der Waals surface area (Å²) in [4.78, 5) is 26.7. The normalized spacial score (nSPS) is 10.3. The topological polar surface area (TPSA) is 85.1 Å². The molecule has 0 atom stereocenters. The second kappa shape index (κ2) is 6.29. The van der Waals surface area contributed by atoms with E-state index in [0.29, 0.717) is 0 Å². The van der Waals surface area contributed by atoms with E-state index >= 15 is 0 Å². The Hall–Kier alpha value is -1.51. The van der Waals surface area contributed by atoms with E-state index in [2.05, 4.69) is 26.2 Å². The molecule has 6 nitrogen and oxygen atoms in total. The molecule has 0 saturated carbocycles. The van der Waals surface area contributed by atoms with Crippen LogP contribution in [-0.2, 0) is 6.54 Å². The molecular weight excluding hydrogens is 370 g/mol. The van der Waals surface area contributed by atoms with Crippen LogP contribution in [0.25, 0.3) is 0 Å². The van der Waals surface area contributed by atoms with Gasteiger partial charge in [-0.1, -0.05) is 11.6 Å². The number of carbonyl (C=O) groups is 1. The number of nitrogens with zero attached hydrogens (tertiary/aromatic N) is 2. The van der Waals surface area contributed by atoms with Gasteiger partial charge in [0.15, 0.2) is 0 Å². The summed E-state index contributed by atoms with van der Waals surface area (Å²) in [5.41, 5.74) is -0.593.